The van der Waals surface area contributed by atoms with Crippen LogP contribution in [0.2, 0.25) is 0 Å². The van der Waals surface area contributed by atoms with Gasteiger partial charge in [-0.25, -0.2) is 0 Å². The summed E-state index contributed by atoms with van der Waals surface area (Å²) in [6.45, 7) is 0. The number of rotatable bonds is 1. The Morgan fingerprint density at radius 2 is 2.00 bits per heavy atom. The van der Waals surface area contributed by atoms with Crippen LogP contribution < -0.4 is 5.06 Å². The Labute approximate surface area is 79.1 Å². The average Bonchev–Trinajstić information content (AvgIpc) is 2.41. The van der Waals surface area contributed by atoms with E-state index >= 15 is 0 Å². The van der Waals surface area contributed by atoms with Crippen molar-refractivity contribution in [1.82, 2.24) is 0 Å². The van der Waals surface area contributed by atoms with Crippen LogP contribution in [0.5, 0.6) is 0 Å². The number of fused-ring (bicyclic) bond motifs is 1. The fourth-order valence-corrected chi connectivity index (χ4v) is 1.54. The second-order valence-corrected chi connectivity index (χ2v) is 2.98. The molecule has 1 aromatic carbocycles. The molecule has 2 N–H and O–H groups in total. The molecule has 1 unspecified atom stereocenters. The zero-order valence-electron chi connectivity index (χ0n) is 7.04. The van der Waals surface area contributed by atoms with Crippen molar-refractivity contribution in [2.24, 2.45) is 0 Å². The highest BCUT2D eigenvalue weighted by Crippen LogP contribution is 2.35. The van der Waals surface area contributed by atoms with Gasteiger partial charge in [-0.05, 0) is 6.07 Å². The van der Waals surface area contributed by atoms with E-state index in [1.807, 2.05) is 0 Å². The Morgan fingerprint density at radius 1 is 1.36 bits per heavy atom. The fraction of sp³-hybridized carbons (Fsp3) is 0.111. The molecule has 0 saturated carbocycles. The molecule has 0 spiro atoms. The summed E-state index contributed by atoms with van der Waals surface area (Å²) in [7, 11) is 0. The number of carbonyl (C=O) groups excluding carboxylic acids is 1. The van der Waals surface area contributed by atoms with E-state index in [2.05, 4.69) is 0 Å². The zero-order chi connectivity index (χ0) is 10.3. The van der Waals surface area contributed by atoms with Crippen molar-refractivity contribution in [3.8, 4) is 0 Å². The number of benzene rings is 1. The smallest absolute Gasteiger partial charge is 0.320 e. The summed E-state index contributed by atoms with van der Waals surface area (Å²) < 4.78 is 0. The molecule has 14 heavy (non-hydrogen) atoms. The predicted octanol–water partition coefficient (Wildman–Crippen LogP) is 0.591. The number of para-hydroxylation sites is 1. The number of anilines is 1. The molecule has 0 bridgehead atoms. The third kappa shape index (κ3) is 0.993. The molecule has 72 valence electrons. The lowest BCUT2D eigenvalue weighted by molar-refractivity contribution is -0.143. The van der Waals surface area contributed by atoms with Crippen molar-refractivity contribution in [3.63, 3.8) is 0 Å². The van der Waals surface area contributed by atoms with Gasteiger partial charge in [0, 0.05) is 5.56 Å². The molecule has 1 amide bonds. The van der Waals surface area contributed by atoms with Crippen molar-refractivity contribution < 1.29 is 19.9 Å². The fourth-order valence-electron chi connectivity index (χ4n) is 1.54. The van der Waals surface area contributed by atoms with Gasteiger partial charge >= 0.3 is 5.97 Å². The SMILES string of the molecule is O=C(O)C1C(=O)N(O)c2ccccc21. The molecule has 5 heteroatoms. The van der Waals surface area contributed by atoms with Crippen LogP contribution in [-0.4, -0.2) is 22.2 Å². The quantitative estimate of drug-likeness (QED) is 0.505. The number of hydroxylamine groups is 1. The molecule has 0 radical (unpaired) electrons. The Morgan fingerprint density at radius 3 is 2.64 bits per heavy atom. The summed E-state index contributed by atoms with van der Waals surface area (Å²) >= 11 is 0. The maximum atomic E-state index is 11.3. The first-order valence-electron chi connectivity index (χ1n) is 3.97. The molecule has 1 aromatic rings. The molecule has 1 heterocycles. The Kier molecular flexibility index (Phi) is 1.75. The third-order valence-electron chi connectivity index (χ3n) is 2.18. The topological polar surface area (TPSA) is 77.8 Å². The number of nitrogens with zero attached hydrogens (tertiary/aromatic N) is 1. The molecule has 0 aliphatic carbocycles. The van der Waals surface area contributed by atoms with Crippen LogP contribution in [0.4, 0.5) is 5.69 Å². The predicted molar refractivity (Wildman–Crippen MR) is 46.1 cm³/mol. The largest absolute Gasteiger partial charge is 0.480 e. The molecular formula is C9H7NO4. The van der Waals surface area contributed by atoms with E-state index in [-0.39, 0.29) is 5.69 Å². The van der Waals surface area contributed by atoms with E-state index in [9.17, 15) is 14.8 Å². The average molecular weight is 193 g/mol. The lowest BCUT2D eigenvalue weighted by Crippen LogP contribution is -2.28. The minimum absolute atomic E-state index is 0.241. The van der Waals surface area contributed by atoms with Crippen molar-refractivity contribution in [1.29, 1.82) is 0 Å². The minimum Gasteiger partial charge on any atom is -0.480 e. The summed E-state index contributed by atoms with van der Waals surface area (Å²) in [5.74, 6) is -3.35. The summed E-state index contributed by atoms with van der Waals surface area (Å²) in [6.07, 6.45) is 0. The normalized spacial score (nSPS) is 19.6. The zero-order valence-corrected chi connectivity index (χ0v) is 7.04. The highest BCUT2D eigenvalue weighted by Gasteiger charge is 2.41. The summed E-state index contributed by atoms with van der Waals surface area (Å²) in [6, 6.07) is 6.26. The van der Waals surface area contributed by atoms with Crippen LogP contribution in [0.1, 0.15) is 11.5 Å². The van der Waals surface area contributed by atoms with Crippen LogP contribution in [0, 0.1) is 0 Å². The Balaban J connectivity index is 2.59. The lowest BCUT2D eigenvalue weighted by Gasteiger charge is -2.06. The third-order valence-corrected chi connectivity index (χ3v) is 2.18. The molecule has 0 aromatic heterocycles. The van der Waals surface area contributed by atoms with Gasteiger partial charge < -0.3 is 5.11 Å². The lowest BCUT2D eigenvalue weighted by atomic mass is 10.0. The summed E-state index contributed by atoms with van der Waals surface area (Å²) in [4.78, 5) is 22.1. The first kappa shape index (κ1) is 8.71. The molecule has 1 aliphatic heterocycles. The molecule has 1 aliphatic rings. The maximum Gasteiger partial charge on any atom is 0.320 e. The maximum absolute atomic E-state index is 11.3. The van der Waals surface area contributed by atoms with Crippen molar-refractivity contribution >= 4 is 17.6 Å². The van der Waals surface area contributed by atoms with E-state index in [1.165, 1.54) is 12.1 Å². The number of amides is 1. The van der Waals surface area contributed by atoms with Gasteiger partial charge in [0.05, 0.1) is 5.69 Å². The van der Waals surface area contributed by atoms with Gasteiger partial charge in [0.1, 0.15) is 0 Å². The highest BCUT2D eigenvalue weighted by atomic mass is 16.5. The number of aliphatic carboxylic acids is 1. The van der Waals surface area contributed by atoms with Crippen LogP contribution in [0.25, 0.3) is 0 Å². The first-order chi connectivity index (χ1) is 6.63. The van der Waals surface area contributed by atoms with Crippen LogP contribution in [-0.2, 0) is 9.59 Å². The molecule has 1 atom stereocenters. The molecule has 0 saturated heterocycles. The number of hydrogen-bond donors (Lipinski definition) is 2. The number of hydrogen-bond acceptors (Lipinski definition) is 3. The van der Waals surface area contributed by atoms with Crippen molar-refractivity contribution in [2.45, 2.75) is 5.92 Å². The minimum atomic E-state index is -1.28. The number of carboxylic acid groups (broad SMARTS) is 1. The van der Waals surface area contributed by atoms with Gasteiger partial charge in [0.15, 0.2) is 5.92 Å². The second kappa shape index (κ2) is 2.81. The Hall–Kier alpha value is -1.88. The van der Waals surface area contributed by atoms with E-state index in [1.54, 1.807) is 12.1 Å². The number of carbonyl (C=O) groups is 2. The van der Waals surface area contributed by atoms with Gasteiger partial charge in [-0.1, -0.05) is 18.2 Å². The highest BCUT2D eigenvalue weighted by molar-refractivity contribution is 6.14. The molecule has 5 nitrogen and oxygen atoms in total. The van der Waals surface area contributed by atoms with Crippen LogP contribution in [0.3, 0.4) is 0 Å². The monoisotopic (exact) mass is 193 g/mol. The van der Waals surface area contributed by atoms with E-state index < -0.39 is 17.8 Å². The summed E-state index contributed by atoms with van der Waals surface area (Å²) in [5.41, 5.74) is 0.567. The first-order valence-corrected chi connectivity index (χ1v) is 3.97. The van der Waals surface area contributed by atoms with E-state index in [4.69, 9.17) is 5.11 Å². The van der Waals surface area contributed by atoms with E-state index in [0.717, 1.165) is 0 Å². The van der Waals surface area contributed by atoms with Crippen LogP contribution >= 0.6 is 0 Å². The van der Waals surface area contributed by atoms with Gasteiger partial charge in [0.25, 0.3) is 5.91 Å². The second-order valence-electron chi connectivity index (χ2n) is 2.98. The van der Waals surface area contributed by atoms with Crippen molar-refractivity contribution in [3.05, 3.63) is 29.8 Å². The summed E-state index contributed by atoms with van der Waals surface area (Å²) in [5, 5.41) is 18.5. The molecule has 2 rings (SSSR count). The van der Waals surface area contributed by atoms with E-state index in [0.29, 0.717) is 10.6 Å². The standard InChI is InChI=1S/C9H7NO4/c11-8-7(9(12)13)5-3-1-2-4-6(5)10(8)14/h1-4,7,14H,(H,12,13). The van der Waals surface area contributed by atoms with Gasteiger partial charge in [-0.15, -0.1) is 0 Å². The molecule has 0 fully saturated rings. The Bertz CT molecular complexity index is 415. The van der Waals surface area contributed by atoms with Gasteiger partial charge in [-0.2, -0.15) is 5.06 Å². The number of carboxylic acids is 1. The van der Waals surface area contributed by atoms with Crippen LogP contribution in [0.15, 0.2) is 24.3 Å². The van der Waals surface area contributed by atoms with Gasteiger partial charge in [0.2, 0.25) is 0 Å². The van der Waals surface area contributed by atoms with Gasteiger partial charge in [-0.3, -0.25) is 14.8 Å². The molecular weight excluding hydrogens is 186 g/mol. The van der Waals surface area contributed by atoms with Crippen molar-refractivity contribution in [2.75, 3.05) is 5.06 Å².